The van der Waals surface area contributed by atoms with Crippen molar-refractivity contribution in [3.05, 3.63) is 34.9 Å². The molecule has 2 unspecified atom stereocenters. The molecule has 1 aliphatic rings. The Balaban J connectivity index is 2.01. The van der Waals surface area contributed by atoms with Gasteiger partial charge in [0.05, 0.1) is 6.10 Å². The van der Waals surface area contributed by atoms with Gasteiger partial charge in [-0.25, -0.2) is 0 Å². The van der Waals surface area contributed by atoms with Crippen molar-refractivity contribution < 1.29 is 9.53 Å². The van der Waals surface area contributed by atoms with Gasteiger partial charge < -0.3 is 15.8 Å². The van der Waals surface area contributed by atoms with Gasteiger partial charge in [-0.2, -0.15) is 0 Å². The van der Waals surface area contributed by atoms with Crippen LogP contribution in [-0.2, 0) is 16.1 Å². The second-order valence-electron chi connectivity index (χ2n) is 6.95. The largest absolute Gasteiger partial charge is 0.378 e. The van der Waals surface area contributed by atoms with Crippen molar-refractivity contribution in [2.75, 3.05) is 6.61 Å². The SMILES string of the molecule is CCOC1CC(N)(C(=O)NCc2ccc(C)cc2C)C1(C)C. The van der Waals surface area contributed by atoms with E-state index in [4.69, 9.17) is 10.5 Å². The van der Waals surface area contributed by atoms with E-state index in [0.29, 0.717) is 19.6 Å². The number of benzene rings is 1. The Labute approximate surface area is 133 Å². The summed E-state index contributed by atoms with van der Waals surface area (Å²) in [5.41, 5.74) is 8.71. The van der Waals surface area contributed by atoms with Crippen LogP contribution in [0.3, 0.4) is 0 Å². The first-order valence-corrected chi connectivity index (χ1v) is 7.97. The molecule has 0 spiro atoms. The molecule has 0 saturated heterocycles. The highest BCUT2D eigenvalue weighted by atomic mass is 16.5. The summed E-state index contributed by atoms with van der Waals surface area (Å²) in [6.45, 7) is 11.3. The number of nitrogens with one attached hydrogen (secondary N) is 1. The molecule has 2 rings (SSSR count). The fourth-order valence-electron chi connectivity index (χ4n) is 3.20. The minimum absolute atomic E-state index is 0.0503. The second-order valence-corrected chi connectivity index (χ2v) is 6.95. The molecule has 0 radical (unpaired) electrons. The van der Waals surface area contributed by atoms with Crippen LogP contribution in [0.15, 0.2) is 18.2 Å². The maximum Gasteiger partial charge on any atom is 0.241 e. The number of nitrogens with two attached hydrogens (primary N) is 1. The second kappa shape index (κ2) is 6.01. The highest BCUT2D eigenvalue weighted by Gasteiger charge is 2.62. The number of carbonyl (C=O) groups is 1. The quantitative estimate of drug-likeness (QED) is 0.878. The number of ether oxygens (including phenoxy) is 1. The minimum Gasteiger partial charge on any atom is -0.378 e. The van der Waals surface area contributed by atoms with Gasteiger partial charge in [0, 0.05) is 25.0 Å². The van der Waals surface area contributed by atoms with Gasteiger partial charge in [0.15, 0.2) is 0 Å². The third-order valence-corrected chi connectivity index (χ3v) is 5.17. The molecule has 0 heterocycles. The number of amides is 1. The molecule has 4 nitrogen and oxygen atoms in total. The van der Waals surface area contributed by atoms with Crippen LogP contribution in [0.1, 0.15) is 43.9 Å². The van der Waals surface area contributed by atoms with Crippen LogP contribution in [0, 0.1) is 19.3 Å². The Morgan fingerprint density at radius 1 is 1.41 bits per heavy atom. The van der Waals surface area contributed by atoms with Gasteiger partial charge in [0.1, 0.15) is 5.54 Å². The van der Waals surface area contributed by atoms with E-state index in [1.165, 1.54) is 11.1 Å². The van der Waals surface area contributed by atoms with E-state index in [1.54, 1.807) is 0 Å². The van der Waals surface area contributed by atoms with Crippen LogP contribution in [0.4, 0.5) is 0 Å². The Morgan fingerprint density at radius 3 is 2.64 bits per heavy atom. The zero-order valence-corrected chi connectivity index (χ0v) is 14.3. The number of hydrogen-bond donors (Lipinski definition) is 2. The molecular weight excluding hydrogens is 276 g/mol. The van der Waals surface area contributed by atoms with E-state index in [2.05, 4.69) is 37.4 Å². The van der Waals surface area contributed by atoms with Gasteiger partial charge in [0.25, 0.3) is 0 Å². The first kappa shape index (κ1) is 17.0. The molecule has 4 heteroatoms. The Hall–Kier alpha value is -1.39. The molecule has 0 aliphatic heterocycles. The van der Waals surface area contributed by atoms with Gasteiger partial charge in [0.2, 0.25) is 5.91 Å². The Bertz CT molecular complexity index is 568. The van der Waals surface area contributed by atoms with E-state index >= 15 is 0 Å². The van der Waals surface area contributed by atoms with Gasteiger partial charge in [-0.1, -0.05) is 37.6 Å². The first-order chi connectivity index (χ1) is 10.2. The third kappa shape index (κ3) is 2.77. The van der Waals surface area contributed by atoms with Crippen molar-refractivity contribution in [3.63, 3.8) is 0 Å². The molecule has 2 atom stereocenters. The lowest BCUT2D eigenvalue weighted by Gasteiger charge is -2.57. The monoisotopic (exact) mass is 304 g/mol. The molecule has 1 saturated carbocycles. The van der Waals surface area contributed by atoms with Crippen LogP contribution in [0.25, 0.3) is 0 Å². The zero-order chi connectivity index (χ0) is 16.5. The van der Waals surface area contributed by atoms with E-state index in [9.17, 15) is 4.79 Å². The van der Waals surface area contributed by atoms with Gasteiger partial charge >= 0.3 is 0 Å². The van der Waals surface area contributed by atoms with Gasteiger partial charge in [-0.15, -0.1) is 0 Å². The summed E-state index contributed by atoms with van der Waals surface area (Å²) in [5.74, 6) is -0.0894. The fourth-order valence-corrected chi connectivity index (χ4v) is 3.20. The van der Waals surface area contributed by atoms with Crippen molar-refractivity contribution in [2.24, 2.45) is 11.1 Å². The van der Waals surface area contributed by atoms with Crippen molar-refractivity contribution in [2.45, 2.75) is 59.2 Å². The predicted octanol–water partition coefficient (Wildman–Crippen LogP) is 2.45. The minimum atomic E-state index is -0.856. The number of rotatable bonds is 5. The highest BCUT2D eigenvalue weighted by Crippen LogP contribution is 2.49. The number of hydrogen-bond acceptors (Lipinski definition) is 3. The molecule has 3 N–H and O–H groups in total. The van der Waals surface area contributed by atoms with Crippen molar-refractivity contribution >= 4 is 5.91 Å². The molecule has 1 aromatic rings. The molecule has 1 aliphatic carbocycles. The van der Waals surface area contributed by atoms with Crippen molar-refractivity contribution in [1.82, 2.24) is 5.32 Å². The predicted molar refractivity (Wildman–Crippen MR) is 88.5 cm³/mol. The summed E-state index contributed by atoms with van der Waals surface area (Å²) in [4.78, 5) is 12.6. The standard InChI is InChI=1S/C18H28N2O2/c1-6-22-15-10-18(19,17(15,4)5)16(21)20-11-14-8-7-12(2)9-13(14)3/h7-9,15H,6,10-11,19H2,1-5H3,(H,20,21). The molecule has 0 aromatic heterocycles. The first-order valence-electron chi connectivity index (χ1n) is 7.97. The summed E-state index contributed by atoms with van der Waals surface area (Å²) in [6.07, 6.45) is 0.626. The van der Waals surface area contributed by atoms with Crippen molar-refractivity contribution in [1.29, 1.82) is 0 Å². The summed E-state index contributed by atoms with van der Waals surface area (Å²) in [7, 11) is 0. The van der Waals surface area contributed by atoms with E-state index in [0.717, 1.165) is 5.56 Å². The number of carbonyl (C=O) groups excluding carboxylic acids is 1. The zero-order valence-electron chi connectivity index (χ0n) is 14.3. The van der Waals surface area contributed by atoms with Crippen LogP contribution < -0.4 is 11.1 Å². The maximum atomic E-state index is 12.6. The van der Waals surface area contributed by atoms with Gasteiger partial charge in [-0.05, 0) is 31.9 Å². The van der Waals surface area contributed by atoms with E-state index in [1.807, 2.05) is 20.8 Å². The van der Waals surface area contributed by atoms with Crippen LogP contribution in [-0.4, -0.2) is 24.2 Å². The smallest absolute Gasteiger partial charge is 0.241 e. The molecule has 0 bridgehead atoms. The van der Waals surface area contributed by atoms with E-state index in [-0.39, 0.29) is 17.4 Å². The number of aryl methyl sites for hydroxylation is 2. The summed E-state index contributed by atoms with van der Waals surface area (Å²) in [6, 6.07) is 6.24. The topological polar surface area (TPSA) is 64.3 Å². The van der Waals surface area contributed by atoms with Gasteiger partial charge in [-0.3, -0.25) is 4.79 Å². The Kier molecular flexibility index (Phi) is 4.64. The molecule has 1 fully saturated rings. The third-order valence-electron chi connectivity index (χ3n) is 5.17. The summed E-state index contributed by atoms with van der Waals surface area (Å²) >= 11 is 0. The molecule has 122 valence electrons. The van der Waals surface area contributed by atoms with Crippen LogP contribution in [0.2, 0.25) is 0 Å². The summed E-state index contributed by atoms with van der Waals surface area (Å²) < 4.78 is 5.67. The molecular formula is C18H28N2O2. The average molecular weight is 304 g/mol. The van der Waals surface area contributed by atoms with E-state index < -0.39 is 5.54 Å². The maximum absolute atomic E-state index is 12.6. The normalized spacial score (nSPS) is 26.4. The molecule has 1 amide bonds. The van der Waals surface area contributed by atoms with Crippen LogP contribution in [0.5, 0.6) is 0 Å². The summed E-state index contributed by atoms with van der Waals surface area (Å²) in [5, 5.41) is 3.00. The molecule has 1 aromatic carbocycles. The van der Waals surface area contributed by atoms with Crippen LogP contribution >= 0.6 is 0 Å². The fraction of sp³-hybridized carbons (Fsp3) is 0.611. The highest BCUT2D eigenvalue weighted by molar-refractivity contribution is 5.88. The Morgan fingerprint density at radius 2 is 2.09 bits per heavy atom. The lowest BCUT2D eigenvalue weighted by Crippen LogP contribution is -2.75. The molecule has 22 heavy (non-hydrogen) atoms. The lowest BCUT2D eigenvalue weighted by molar-refractivity contribution is -0.170. The lowest BCUT2D eigenvalue weighted by atomic mass is 9.54. The average Bonchev–Trinajstić information content (AvgIpc) is 2.45. The van der Waals surface area contributed by atoms with Crippen molar-refractivity contribution in [3.8, 4) is 0 Å².